The summed E-state index contributed by atoms with van der Waals surface area (Å²) < 4.78 is 23.0. The van der Waals surface area contributed by atoms with E-state index in [9.17, 15) is 18.3 Å². The van der Waals surface area contributed by atoms with Gasteiger partial charge in [0, 0.05) is 36.5 Å². The third-order valence-corrected chi connectivity index (χ3v) is 5.58. The van der Waals surface area contributed by atoms with Crippen LogP contribution in [0.5, 0.6) is 0 Å². The molecule has 2 N–H and O–H groups in total. The van der Waals surface area contributed by atoms with Crippen molar-refractivity contribution in [3.63, 3.8) is 0 Å². The van der Waals surface area contributed by atoms with Crippen molar-refractivity contribution in [2.24, 2.45) is 5.92 Å². The number of carbonyl (C=O) groups excluding carboxylic acids is 1. The van der Waals surface area contributed by atoms with Gasteiger partial charge < -0.3 is 10.0 Å². The van der Waals surface area contributed by atoms with E-state index in [4.69, 9.17) is 0 Å². The van der Waals surface area contributed by atoms with Gasteiger partial charge in [0.2, 0.25) is 0 Å². The number of rotatable bonds is 4. The van der Waals surface area contributed by atoms with E-state index in [1.165, 1.54) is 24.3 Å². The second-order valence-electron chi connectivity index (χ2n) is 6.58. The maximum absolute atomic E-state index is 12.6. The minimum atomic E-state index is -3.29. The smallest absolute Gasteiger partial charge is 0.253 e. The Labute approximate surface area is 146 Å². The van der Waals surface area contributed by atoms with E-state index in [1.54, 1.807) is 4.90 Å². The molecule has 1 saturated heterocycles. The minimum absolute atomic E-state index is 0.0676. The van der Waals surface area contributed by atoms with Crippen molar-refractivity contribution in [3.05, 3.63) is 47.3 Å². The molecular formula is C17H21N3O4S. The molecule has 25 heavy (non-hydrogen) atoms. The number of hydrogen-bond acceptors (Lipinski definition) is 5. The zero-order valence-corrected chi connectivity index (χ0v) is 15.0. The molecule has 0 spiro atoms. The molecule has 0 unspecified atom stereocenters. The molecule has 1 aliphatic rings. The van der Waals surface area contributed by atoms with E-state index in [1.807, 2.05) is 13.0 Å². The highest BCUT2D eigenvalue weighted by molar-refractivity contribution is 7.90. The number of benzene rings is 1. The number of nitrogens with zero attached hydrogens (tertiary/aromatic N) is 2. The van der Waals surface area contributed by atoms with Crippen molar-refractivity contribution < 1.29 is 18.3 Å². The molecule has 134 valence electrons. The Balaban J connectivity index is 1.69. The summed E-state index contributed by atoms with van der Waals surface area (Å²) in [6.07, 6.45) is 1.13. The van der Waals surface area contributed by atoms with Crippen molar-refractivity contribution in [2.75, 3.05) is 19.3 Å². The van der Waals surface area contributed by atoms with Crippen LogP contribution >= 0.6 is 0 Å². The van der Waals surface area contributed by atoms with Crippen LogP contribution in [0.2, 0.25) is 0 Å². The number of amides is 1. The first-order valence-corrected chi connectivity index (χ1v) is 9.91. The molecule has 0 saturated carbocycles. The van der Waals surface area contributed by atoms with Gasteiger partial charge in [-0.15, -0.1) is 0 Å². The highest BCUT2D eigenvalue weighted by atomic mass is 32.2. The number of aromatic amines is 1. The quantitative estimate of drug-likeness (QED) is 0.836. The first-order chi connectivity index (χ1) is 11.7. The molecular weight excluding hydrogens is 342 g/mol. The van der Waals surface area contributed by atoms with Gasteiger partial charge in [0.05, 0.1) is 16.7 Å². The summed E-state index contributed by atoms with van der Waals surface area (Å²) in [5.74, 6) is -0.276. The summed E-state index contributed by atoms with van der Waals surface area (Å²) in [7, 11) is -3.29. The summed E-state index contributed by atoms with van der Waals surface area (Å²) in [5, 5.41) is 17.3. The summed E-state index contributed by atoms with van der Waals surface area (Å²) >= 11 is 0. The lowest BCUT2D eigenvalue weighted by Gasteiger charge is -2.16. The van der Waals surface area contributed by atoms with Gasteiger partial charge in [0.15, 0.2) is 9.84 Å². The van der Waals surface area contributed by atoms with Crippen molar-refractivity contribution >= 4 is 15.7 Å². The standard InChI is InChI=1S/C17H21N3O4S/c1-11-7-14(19-18-11)8-13-9-20(10-16(13)21)17(22)12-3-5-15(6-4-12)25(2,23)24/h3-7,13,16,21H,8-10H2,1-2H3,(H,18,19)/t13-,16-/m1/s1. The number of aliphatic hydroxyl groups is 1. The number of β-amino-alcohol motifs (C(OH)–C–C–N with tert-alkyl or cyclic N) is 1. The number of hydrogen-bond donors (Lipinski definition) is 2. The number of likely N-dealkylation sites (tertiary alicyclic amines) is 1. The molecule has 8 heteroatoms. The van der Waals surface area contributed by atoms with Gasteiger partial charge in [-0.05, 0) is 43.7 Å². The molecule has 7 nitrogen and oxygen atoms in total. The first kappa shape index (κ1) is 17.6. The highest BCUT2D eigenvalue weighted by Crippen LogP contribution is 2.23. The third kappa shape index (κ3) is 3.91. The van der Waals surface area contributed by atoms with Gasteiger partial charge in [0.25, 0.3) is 5.91 Å². The fourth-order valence-corrected chi connectivity index (χ4v) is 3.73. The average Bonchev–Trinajstić information content (AvgIpc) is 3.12. The van der Waals surface area contributed by atoms with Gasteiger partial charge in [-0.1, -0.05) is 0 Å². The fraction of sp³-hybridized carbons (Fsp3) is 0.412. The summed E-state index contributed by atoms with van der Waals surface area (Å²) in [5.41, 5.74) is 2.24. The van der Waals surface area contributed by atoms with Crippen LogP contribution in [0, 0.1) is 12.8 Å². The third-order valence-electron chi connectivity index (χ3n) is 4.45. The monoisotopic (exact) mass is 363 g/mol. The number of nitrogens with one attached hydrogen (secondary N) is 1. The lowest BCUT2D eigenvalue weighted by molar-refractivity contribution is 0.0764. The van der Waals surface area contributed by atoms with Crippen LogP contribution in [0.1, 0.15) is 21.7 Å². The van der Waals surface area contributed by atoms with Gasteiger partial charge in [-0.2, -0.15) is 5.10 Å². The highest BCUT2D eigenvalue weighted by Gasteiger charge is 2.34. The predicted octanol–water partition coefficient (Wildman–Crippen LogP) is 0.797. The van der Waals surface area contributed by atoms with Crippen LogP contribution in [0.3, 0.4) is 0 Å². The molecule has 2 atom stereocenters. The minimum Gasteiger partial charge on any atom is -0.391 e. The Kier molecular flexibility index (Phi) is 4.66. The zero-order valence-electron chi connectivity index (χ0n) is 14.1. The van der Waals surface area contributed by atoms with Gasteiger partial charge in [0.1, 0.15) is 0 Å². The molecule has 0 radical (unpaired) electrons. The lowest BCUT2D eigenvalue weighted by Crippen LogP contribution is -2.29. The number of aliphatic hydroxyl groups excluding tert-OH is 1. The molecule has 1 aliphatic heterocycles. The zero-order chi connectivity index (χ0) is 18.2. The largest absolute Gasteiger partial charge is 0.391 e. The maximum Gasteiger partial charge on any atom is 0.253 e. The SMILES string of the molecule is Cc1cc(C[C@@H]2CN(C(=O)c3ccc(S(C)(=O)=O)cc3)C[C@H]2O)n[nH]1. The topological polar surface area (TPSA) is 103 Å². The van der Waals surface area contributed by atoms with Crippen molar-refractivity contribution in [1.29, 1.82) is 0 Å². The number of carbonyl (C=O) groups is 1. The number of H-pyrrole nitrogens is 1. The lowest BCUT2D eigenvalue weighted by atomic mass is 10.0. The van der Waals surface area contributed by atoms with Crippen molar-refractivity contribution in [1.82, 2.24) is 15.1 Å². The van der Waals surface area contributed by atoms with Crippen molar-refractivity contribution in [3.8, 4) is 0 Å². The molecule has 2 aromatic rings. The fourth-order valence-electron chi connectivity index (χ4n) is 3.10. The van der Waals surface area contributed by atoms with Crippen LogP contribution in [0.4, 0.5) is 0 Å². The van der Waals surface area contributed by atoms with E-state index in [-0.39, 0.29) is 23.3 Å². The Bertz CT molecular complexity index is 874. The number of sulfone groups is 1. The Morgan fingerprint density at radius 2 is 2.00 bits per heavy atom. The Hall–Kier alpha value is -2.19. The molecule has 3 rings (SSSR count). The van der Waals surface area contributed by atoms with Gasteiger partial charge in [-0.3, -0.25) is 9.89 Å². The van der Waals surface area contributed by atoms with E-state index in [0.29, 0.717) is 18.5 Å². The molecule has 1 amide bonds. The van der Waals surface area contributed by atoms with Crippen LogP contribution < -0.4 is 0 Å². The van der Waals surface area contributed by atoms with E-state index < -0.39 is 15.9 Å². The Morgan fingerprint density at radius 1 is 1.32 bits per heavy atom. The van der Waals surface area contributed by atoms with Gasteiger partial charge in [-0.25, -0.2) is 8.42 Å². The maximum atomic E-state index is 12.6. The summed E-state index contributed by atoms with van der Waals surface area (Å²) in [6, 6.07) is 7.81. The van der Waals surface area contributed by atoms with Crippen molar-refractivity contribution in [2.45, 2.75) is 24.3 Å². The number of aromatic nitrogens is 2. The first-order valence-electron chi connectivity index (χ1n) is 8.02. The van der Waals surface area contributed by atoms with E-state index in [0.717, 1.165) is 17.6 Å². The predicted molar refractivity (Wildman–Crippen MR) is 92.0 cm³/mol. The van der Waals surface area contributed by atoms with Crippen LogP contribution in [-0.4, -0.2) is 60.0 Å². The molecule has 1 fully saturated rings. The van der Waals surface area contributed by atoms with E-state index >= 15 is 0 Å². The number of aryl methyl sites for hydroxylation is 1. The molecule has 2 heterocycles. The summed E-state index contributed by atoms with van der Waals surface area (Å²) in [4.78, 5) is 14.4. The Morgan fingerprint density at radius 3 is 2.56 bits per heavy atom. The van der Waals surface area contributed by atoms with E-state index in [2.05, 4.69) is 10.2 Å². The second-order valence-corrected chi connectivity index (χ2v) is 8.60. The molecule has 0 bridgehead atoms. The van der Waals surface area contributed by atoms with Crippen LogP contribution in [0.15, 0.2) is 35.2 Å². The normalized spacial score (nSPS) is 20.8. The average molecular weight is 363 g/mol. The molecule has 1 aromatic heterocycles. The van der Waals surface area contributed by atoms with Crippen LogP contribution in [-0.2, 0) is 16.3 Å². The summed E-state index contributed by atoms with van der Waals surface area (Å²) in [6.45, 7) is 2.62. The second kappa shape index (κ2) is 6.61. The van der Waals surface area contributed by atoms with Gasteiger partial charge >= 0.3 is 0 Å². The molecule has 0 aliphatic carbocycles. The molecule has 1 aromatic carbocycles. The van der Waals surface area contributed by atoms with Crippen LogP contribution in [0.25, 0.3) is 0 Å².